The Morgan fingerprint density at radius 2 is 1.65 bits per heavy atom. The Morgan fingerprint density at radius 1 is 1.00 bits per heavy atom. The summed E-state index contributed by atoms with van der Waals surface area (Å²) >= 11 is 0. The molecule has 5 heteroatoms. The third-order valence-corrected chi connectivity index (χ3v) is 2.90. The number of halogens is 4. The summed E-state index contributed by atoms with van der Waals surface area (Å²) in [6.45, 7) is 0. The predicted octanol–water partition coefficient (Wildman–Crippen LogP) is 4.58. The molecule has 0 saturated heterocycles. The summed E-state index contributed by atoms with van der Waals surface area (Å²) in [5.41, 5.74) is 0.303. The van der Waals surface area contributed by atoms with Crippen LogP contribution in [0, 0.1) is 17.1 Å². The van der Waals surface area contributed by atoms with Crippen molar-refractivity contribution in [3.63, 3.8) is 0 Å². The minimum atomic E-state index is -4.41. The maximum Gasteiger partial charge on any atom is 0.416 e. The SMILES string of the molecule is N#CCc1c(F)cccc1-c1ccc(C(F)(F)F)cc1. The third-order valence-electron chi connectivity index (χ3n) is 2.90. The second-order valence-corrected chi connectivity index (χ2v) is 4.18. The molecule has 0 bridgehead atoms. The minimum Gasteiger partial charge on any atom is -0.207 e. The van der Waals surface area contributed by atoms with E-state index in [1.54, 1.807) is 6.07 Å². The molecule has 0 saturated carbocycles. The molecular formula is C15H9F4N. The minimum absolute atomic E-state index is 0.136. The zero-order valence-electron chi connectivity index (χ0n) is 10.2. The molecule has 2 rings (SSSR count). The van der Waals surface area contributed by atoms with Crippen LogP contribution in [0.5, 0.6) is 0 Å². The summed E-state index contributed by atoms with van der Waals surface area (Å²) in [4.78, 5) is 0. The van der Waals surface area contributed by atoms with Crippen molar-refractivity contribution in [1.82, 2.24) is 0 Å². The van der Waals surface area contributed by atoms with Gasteiger partial charge in [-0.05, 0) is 29.3 Å². The number of benzene rings is 2. The van der Waals surface area contributed by atoms with Gasteiger partial charge in [0, 0.05) is 5.56 Å². The normalized spacial score (nSPS) is 11.2. The smallest absolute Gasteiger partial charge is 0.207 e. The topological polar surface area (TPSA) is 23.8 Å². The van der Waals surface area contributed by atoms with Gasteiger partial charge in [-0.3, -0.25) is 0 Å². The van der Waals surface area contributed by atoms with Gasteiger partial charge in [0.15, 0.2) is 0 Å². The lowest BCUT2D eigenvalue weighted by molar-refractivity contribution is -0.137. The first-order valence-electron chi connectivity index (χ1n) is 5.75. The predicted molar refractivity (Wildman–Crippen MR) is 66.2 cm³/mol. The fourth-order valence-electron chi connectivity index (χ4n) is 1.93. The number of rotatable bonds is 2. The van der Waals surface area contributed by atoms with Crippen LogP contribution in [0.4, 0.5) is 17.6 Å². The van der Waals surface area contributed by atoms with Crippen LogP contribution in [0.15, 0.2) is 42.5 Å². The summed E-state index contributed by atoms with van der Waals surface area (Å²) < 4.78 is 51.1. The molecule has 0 N–H and O–H groups in total. The fourth-order valence-corrected chi connectivity index (χ4v) is 1.93. The van der Waals surface area contributed by atoms with Gasteiger partial charge in [0.25, 0.3) is 0 Å². The van der Waals surface area contributed by atoms with Crippen molar-refractivity contribution in [2.24, 2.45) is 0 Å². The van der Waals surface area contributed by atoms with Gasteiger partial charge in [0.05, 0.1) is 18.1 Å². The van der Waals surface area contributed by atoms with Crippen molar-refractivity contribution in [3.8, 4) is 17.2 Å². The molecule has 1 nitrogen and oxygen atoms in total. The van der Waals surface area contributed by atoms with Crippen LogP contribution in [0.1, 0.15) is 11.1 Å². The second-order valence-electron chi connectivity index (χ2n) is 4.18. The Bertz CT molecular complexity index is 651. The van der Waals surface area contributed by atoms with Crippen molar-refractivity contribution in [2.75, 3.05) is 0 Å². The van der Waals surface area contributed by atoms with Crippen molar-refractivity contribution in [2.45, 2.75) is 12.6 Å². The van der Waals surface area contributed by atoms with Crippen LogP contribution in [-0.2, 0) is 12.6 Å². The van der Waals surface area contributed by atoms with Crippen LogP contribution in [-0.4, -0.2) is 0 Å². The van der Waals surface area contributed by atoms with E-state index in [4.69, 9.17) is 5.26 Å². The Balaban J connectivity index is 2.48. The van der Waals surface area contributed by atoms with E-state index in [9.17, 15) is 17.6 Å². The average molecular weight is 279 g/mol. The van der Waals surface area contributed by atoms with Crippen LogP contribution in [0.3, 0.4) is 0 Å². The van der Waals surface area contributed by atoms with Crippen LogP contribution >= 0.6 is 0 Å². The Kier molecular flexibility index (Phi) is 3.75. The standard InChI is InChI=1S/C15H9F4N/c16-14-3-1-2-12(13(14)8-9-20)10-4-6-11(7-5-10)15(17,18)19/h1-7H,8H2. The van der Waals surface area contributed by atoms with Crippen LogP contribution in [0.2, 0.25) is 0 Å². The van der Waals surface area contributed by atoms with Gasteiger partial charge in [-0.2, -0.15) is 18.4 Å². The zero-order chi connectivity index (χ0) is 14.8. The molecule has 0 aromatic heterocycles. The number of nitrogens with zero attached hydrogens (tertiary/aromatic N) is 1. The van der Waals surface area contributed by atoms with Gasteiger partial charge in [-0.1, -0.05) is 24.3 Å². The van der Waals surface area contributed by atoms with E-state index in [0.717, 1.165) is 12.1 Å². The van der Waals surface area contributed by atoms with Crippen LogP contribution in [0.25, 0.3) is 11.1 Å². The molecule has 102 valence electrons. The maximum absolute atomic E-state index is 13.7. The van der Waals surface area contributed by atoms with E-state index < -0.39 is 17.6 Å². The lowest BCUT2D eigenvalue weighted by atomic mass is 9.96. The van der Waals surface area contributed by atoms with E-state index in [0.29, 0.717) is 11.1 Å². The zero-order valence-corrected chi connectivity index (χ0v) is 10.2. The second kappa shape index (κ2) is 5.33. The Labute approximate surface area is 113 Å². The number of alkyl halides is 3. The molecule has 2 aromatic rings. The quantitative estimate of drug-likeness (QED) is 0.738. The molecule has 0 aliphatic heterocycles. The molecule has 2 aromatic carbocycles. The molecule has 0 radical (unpaired) electrons. The van der Waals surface area contributed by atoms with Crippen LogP contribution < -0.4 is 0 Å². The van der Waals surface area contributed by atoms with Crippen molar-refractivity contribution >= 4 is 0 Å². The van der Waals surface area contributed by atoms with E-state index >= 15 is 0 Å². The van der Waals surface area contributed by atoms with Crippen molar-refractivity contribution in [3.05, 3.63) is 59.4 Å². The monoisotopic (exact) mass is 279 g/mol. The molecular weight excluding hydrogens is 270 g/mol. The molecule has 0 aliphatic carbocycles. The van der Waals surface area contributed by atoms with Gasteiger partial charge < -0.3 is 0 Å². The molecule has 20 heavy (non-hydrogen) atoms. The largest absolute Gasteiger partial charge is 0.416 e. The highest BCUT2D eigenvalue weighted by molar-refractivity contribution is 5.68. The van der Waals surface area contributed by atoms with Crippen molar-refractivity contribution < 1.29 is 17.6 Å². The third kappa shape index (κ3) is 2.80. The lowest BCUT2D eigenvalue weighted by Gasteiger charge is -2.10. The first-order valence-corrected chi connectivity index (χ1v) is 5.75. The summed E-state index contributed by atoms with van der Waals surface area (Å²) in [6.07, 6.45) is -4.54. The van der Waals surface area contributed by atoms with E-state index in [1.165, 1.54) is 24.3 Å². The molecule has 0 unspecified atom stereocenters. The van der Waals surface area contributed by atoms with Gasteiger partial charge in [-0.15, -0.1) is 0 Å². The molecule has 0 amide bonds. The van der Waals surface area contributed by atoms with E-state index in [-0.39, 0.29) is 12.0 Å². The first kappa shape index (κ1) is 14.1. The highest BCUT2D eigenvalue weighted by Gasteiger charge is 2.30. The Hall–Kier alpha value is -2.35. The van der Waals surface area contributed by atoms with E-state index in [2.05, 4.69) is 0 Å². The highest BCUT2D eigenvalue weighted by Crippen LogP contribution is 2.32. The Morgan fingerprint density at radius 3 is 2.20 bits per heavy atom. The van der Waals surface area contributed by atoms with Gasteiger partial charge in [0.2, 0.25) is 0 Å². The molecule has 0 fully saturated rings. The van der Waals surface area contributed by atoms with Crippen molar-refractivity contribution in [1.29, 1.82) is 5.26 Å². The molecule has 0 spiro atoms. The molecule has 0 heterocycles. The van der Waals surface area contributed by atoms with Gasteiger partial charge in [0.1, 0.15) is 5.82 Å². The highest BCUT2D eigenvalue weighted by atomic mass is 19.4. The molecule has 0 atom stereocenters. The summed E-state index contributed by atoms with van der Waals surface area (Å²) in [5, 5.41) is 8.70. The van der Waals surface area contributed by atoms with Gasteiger partial charge in [-0.25, -0.2) is 4.39 Å². The maximum atomic E-state index is 13.7. The first-order chi connectivity index (χ1) is 9.43. The fraction of sp³-hybridized carbons (Fsp3) is 0.133. The number of hydrogen-bond donors (Lipinski definition) is 0. The summed E-state index contributed by atoms with van der Waals surface area (Å²) in [5.74, 6) is -0.538. The summed E-state index contributed by atoms with van der Waals surface area (Å²) in [7, 11) is 0. The average Bonchev–Trinajstić information content (AvgIpc) is 2.40. The van der Waals surface area contributed by atoms with Gasteiger partial charge >= 0.3 is 6.18 Å². The lowest BCUT2D eigenvalue weighted by Crippen LogP contribution is -2.04. The number of hydrogen-bond acceptors (Lipinski definition) is 1. The summed E-state index contributed by atoms with van der Waals surface area (Å²) in [6, 6.07) is 10.6. The number of nitriles is 1. The van der Waals surface area contributed by atoms with E-state index in [1.807, 2.05) is 6.07 Å². The molecule has 0 aliphatic rings.